The lowest BCUT2D eigenvalue weighted by molar-refractivity contribution is 0.986. The van der Waals surface area contributed by atoms with Gasteiger partial charge in [0.15, 0.2) is 0 Å². The maximum absolute atomic E-state index is 2.41. The predicted octanol–water partition coefficient (Wildman–Crippen LogP) is 13.5. The Balaban J connectivity index is 0.000000632. The van der Waals surface area contributed by atoms with Crippen LogP contribution in [0.15, 0.2) is 109 Å². The van der Waals surface area contributed by atoms with E-state index in [1.165, 1.54) is 77.2 Å². The smallest absolute Gasteiger partial charge is 0.00294 e. The second-order valence-electron chi connectivity index (χ2n) is 11.1. The van der Waals surface area contributed by atoms with Crippen LogP contribution in [0.3, 0.4) is 0 Å². The molecule has 45 heavy (non-hydrogen) atoms. The van der Waals surface area contributed by atoms with E-state index in [1.54, 1.807) is 0 Å². The van der Waals surface area contributed by atoms with Crippen molar-refractivity contribution in [2.75, 3.05) is 0 Å². The zero-order valence-corrected chi connectivity index (χ0v) is 28.1. The molecule has 0 saturated heterocycles. The second kappa shape index (κ2) is 15.0. The lowest BCUT2D eigenvalue weighted by Gasteiger charge is -2.23. The van der Waals surface area contributed by atoms with Crippen LogP contribution in [0.25, 0.3) is 56.0 Å². The average Bonchev–Trinajstić information content (AvgIpc) is 3.62. The Kier molecular flexibility index (Phi) is 10.7. The van der Waals surface area contributed by atoms with Crippen LogP contribution in [-0.4, -0.2) is 0 Å². The van der Waals surface area contributed by atoms with Gasteiger partial charge in [0.05, 0.1) is 0 Å². The quantitative estimate of drug-likeness (QED) is 0.197. The maximum Gasteiger partial charge on any atom is -0.00294 e. The number of hydrogen-bond donors (Lipinski definition) is 0. The Morgan fingerprint density at radius 2 is 1.20 bits per heavy atom. The van der Waals surface area contributed by atoms with Crippen molar-refractivity contribution >= 4 is 44.8 Å². The van der Waals surface area contributed by atoms with Crippen LogP contribution in [0.4, 0.5) is 0 Å². The molecule has 228 valence electrons. The van der Waals surface area contributed by atoms with Crippen LogP contribution in [0, 0.1) is 0 Å². The first kappa shape index (κ1) is 32.0. The van der Waals surface area contributed by atoms with Gasteiger partial charge in [0.1, 0.15) is 0 Å². The fraction of sp³-hybridized carbons (Fsp3) is 0.244. The number of fused-ring (bicyclic) bond motifs is 4. The average molecular weight is 589 g/mol. The van der Waals surface area contributed by atoms with Gasteiger partial charge in [-0.05, 0) is 115 Å². The Hall–Kier alpha value is -4.42. The molecule has 8 rings (SSSR count). The third kappa shape index (κ3) is 6.12. The highest BCUT2D eigenvalue weighted by molar-refractivity contribution is 6.09. The summed E-state index contributed by atoms with van der Waals surface area (Å²) in [4.78, 5) is 0. The predicted molar refractivity (Wildman–Crippen MR) is 203 cm³/mol. The third-order valence-electron chi connectivity index (χ3n) is 8.89. The fourth-order valence-electron chi connectivity index (χ4n) is 7.04. The highest BCUT2D eigenvalue weighted by atomic mass is 14.3. The molecule has 5 aromatic carbocycles. The summed E-state index contributed by atoms with van der Waals surface area (Å²) in [6.45, 7) is 12.0. The van der Waals surface area contributed by atoms with E-state index in [0.29, 0.717) is 0 Å². The van der Waals surface area contributed by atoms with E-state index in [1.807, 2.05) is 41.5 Å². The first-order valence-electron chi connectivity index (χ1n) is 17.3. The monoisotopic (exact) mass is 588 g/mol. The van der Waals surface area contributed by atoms with Crippen LogP contribution < -0.4 is 0 Å². The zero-order chi connectivity index (χ0) is 31.8. The van der Waals surface area contributed by atoms with Gasteiger partial charge in [0, 0.05) is 0 Å². The molecule has 0 fully saturated rings. The standard InChI is InChI=1S/C39H30.3C2H6/c1-2-11-30-25-31(24-19-26(30)9-1)39-35-15-6-5-14-34(35)38(36-17-8-18-37(36)39)29-22-20-28(21-23-29)33-16-7-12-27-10-3-4-13-32(27)33;3*1-2/h2-8,10-16,18-20,22,24-25H,1,9,17,21,23H2;3*1-2H3. The Morgan fingerprint density at radius 1 is 0.533 bits per heavy atom. The van der Waals surface area contributed by atoms with Gasteiger partial charge in [-0.15, -0.1) is 0 Å². The molecule has 3 aliphatic carbocycles. The first-order chi connectivity index (χ1) is 22.3. The molecule has 0 atom stereocenters. The molecule has 0 nitrogen and oxygen atoms in total. The van der Waals surface area contributed by atoms with Gasteiger partial charge in [-0.25, -0.2) is 0 Å². The van der Waals surface area contributed by atoms with Crippen molar-refractivity contribution in [3.63, 3.8) is 0 Å². The molecular weight excluding hydrogens is 540 g/mol. The van der Waals surface area contributed by atoms with Crippen molar-refractivity contribution in [3.05, 3.63) is 143 Å². The summed E-state index contributed by atoms with van der Waals surface area (Å²) >= 11 is 0. The lowest BCUT2D eigenvalue weighted by Crippen LogP contribution is -2.02. The van der Waals surface area contributed by atoms with E-state index in [2.05, 4.69) is 121 Å². The van der Waals surface area contributed by atoms with E-state index >= 15 is 0 Å². The minimum atomic E-state index is 1.00. The number of rotatable bonds is 3. The summed E-state index contributed by atoms with van der Waals surface area (Å²) in [6.07, 6.45) is 19.6. The molecule has 0 heterocycles. The lowest BCUT2D eigenvalue weighted by atomic mass is 9.80. The maximum atomic E-state index is 2.41. The molecule has 0 bridgehead atoms. The summed E-state index contributed by atoms with van der Waals surface area (Å²) < 4.78 is 0. The number of allylic oxidation sites excluding steroid dienone is 6. The van der Waals surface area contributed by atoms with Crippen LogP contribution in [0.5, 0.6) is 0 Å². The van der Waals surface area contributed by atoms with E-state index in [-0.39, 0.29) is 0 Å². The molecule has 3 aliphatic rings. The van der Waals surface area contributed by atoms with Gasteiger partial charge >= 0.3 is 0 Å². The molecule has 0 unspecified atom stereocenters. The molecule has 5 aromatic rings. The Bertz CT molecular complexity index is 1920. The van der Waals surface area contributed by atoms with E-state index in [0.717, 1.165) is 32.1 Å². The summed E-state index contributed by atoms with van der Waals surface area (Å²) in [5, 5.41) is 5.41. The SMILES string of the molecule is C1=Cc2cc(-c3c4c(c(C5=CC=C(c6cccc7ccccc67)CC5)c5ccccc35)CC=C4)ccc2CC1.CC.CC.CC. The molecule has 0 N–H and O–H groups in total. The normalized spacial score (nSPS) is 14.1. The second-order valence-corrected chi connectivity index (χ2v) is 11.1. The van der Waals surface area contributed by atoms with Crippen molar-refractivity contribution in [1.29, 1.82) is 0 Å². The van der Waals surface area contributed by atoms with Gasteiger partial charge in [-0.2, -0.15) is 0 Å². The number of aryl methyl sites for hydroxylation is 1. The van der Waals surface area contributed by atoms with Crippen molar-refractivity contribution in [2.24, 2.45) is 0 Å². The molecule has 0 amide bonds. The Labute approximate surface area is 271 Å². The zero-order valence-electron chi connectivity index (χ0n) is 28.1. The third-order valence-corrected chi connectivity index (χ3v) is 8.89. The van der Waals surface area contributed by atoms with Gasteiger partial charge < -0.3 is 0 Å². The van der Waals surface area contributed by atoms with E-state index in [9.17, 15) is 0 Å². The fourth-order valence-corrected chi connectivity index (χ4v) is 7.04. The number of benzene rings is 5. The number of hydrogen-bond acceptors (Lipinski definition) is 0. The van der Waals surface area contributed by atoms with Gasteiger partial charge in [0.25, 0.3) is 0 Å². The van der Waals surface area contributed by atoms with Gasteiger partial charge in [-0.1, -0.05) is 157 Å². The van der Waals surface area contributed by atoms with Crippen molar-refractivity contribution in [1.82, 2.24) is 0 Å². The molecule has 0 aliphatic heterocycles. The minimum absolute atomic E-state index is 1.00. The topological polar surface area (TPSA) is 0 Å². The summed E-state index contributed by atoms with van der Waals surface area (Å²) in [6, 6.07) is 31.6. The highest BCUT2D eigenvalue weighted by Gasteiger charge is 2.24. The van der Waals surface area contributed by atoms with Gasteiger partial charge in [0.2, 0.25) is 0 Å². The highest BCUT2D eigenvalue weighted by Crippen LogP contribution is 2.46. The first-order valence-corrected chi connectivity index (χ1v) is 17.3. The molecule has 0 saturated carbocycles. The summed E-state index contributed by atoms with van der Waals surface area (Å²) in [5.74, 6) is 0. The van der Waals surface area contributed by atoms with Crippen LogP contribution in [0.1, 0.15) is 94.2 Å². The Morgan fingerprint density at radius 3 is 1.96 bits per heavy atom. The van der Waals surface area contributed by atoms with Gasteiger partial charge in [-0.3, -0.25) is 0 Å². The summed E-state index contributed by atoms with van der Waals surface area (Å²) in [5.41, 5.74) is 14.2. The summed E-state index contributed by atoms with van der Waals surface area (Å²) in [7, 11) is 0. The van der Waals surface area contributed by atoms with Crippen molar-refractivity contribution in [2.45, 2.75) is 73.6 Å². The molecule has 0 heteroatoms. The van der Waals surface area contributed by atoms with Crippen LogP contribution in [-0.2, 0) is 12.8 Å². The molecule has 0 radical (unpaired) electrons. The van der Waals surface area contributed by atoms with Crippen LogP contribution in [0.2, 0.25) is 0 Å². The largest absolute Gasteiger partial charge is 0.0836 e. The minimum Gasteiger partial charge on any atom is -0.0836 e. The molecule has 0 aromatic heterocycles. The molecular formula is C45H48. The van der Waals surface area contributed by atoms with Crippen molar-refractivity contribution < 1.29 is 0 Å². The molecule has 0 spiro atoms. The van der Waals surface area contributed by atoms with E-state index in [4.69, 9.17) is 0 Å². The van der Waals surface area contributed by atoms with E-state index < -0.39 is 0 Å². The van der Waals surface area contributed by atoms with Crippen molar-refractivity contribution in [3.8, 4) is 11.1 Å². The van der Waals surface area contributed by atoms with Crippen LogP contribution >= 0.6 is 0 Å².